The number of hydrogen-bond donors (Lipinski definition) is 1. The summed E-state index contributed by atoms with van der Waals surface area (Å²) < 4.78 is 1.97. The van der Waals surface area contributed by atoms with Gasteiger partial charge in [-0.1, -0.05) is 19.3 Å². The summed E-state index contributed by atoms with van der Waals surface area (Å²) in [7, 11) is 1.34. The zero-order chi connectivity index (χ0) is 16.4. The molecule has 7 heteroatoms. The van der Waals surface area contributed by atoms with Crippen molar-refractivity contribution >= 4 is 16.9 Å². The Morgan fingerprint density at radius 1 is 1.35 bits per heavy atom. The molecule has 0 spiro atoms. The first kappa shape index (κ1) is 15.6. The predicted octanol–water partition coefficient (Wildman–Crippen LogP) is 1.90. The van der Waals surface area contributed by atoms with Crippen LogP contribution in [0.3, 0.4) is 0 Å². The molecule has 122 valence electrons. The number of nitrogens with zero attached hydrogens (tertiary/aromatic N) is 3. The summed E-state index contributed by atoms with van der Waals surface area (Å²) in [4.78, 5) is 37.9. The topological polar surface area (TPSA) is 86.1 Å². The molecule has 0 aliphatic heterocycles. The third-order valence-electron chi connectivity index (χ3n) is 4.30. The van der Waals surface area contributed by atoms with Crippen molar-refractivity contribution in [3.8, 4) is 0 Å². The van der Waals surface area contributed by atoms with Crippen LogP contribution in [-0.4, -0.2) is 27.6 Å². The standard InChI is InChI=1S/C16H20N4O3/c1-10-17-8-12-14(21)13(16(22)19-23-2)9-20(15(12)18-10)11-6-4-3-5-7-11/h8-9,11H,3-7H2,1-2H3,(H,19,22). The minimum atomic E-state index is -0.551. The van der Waals surface area contributed by atoms with Crippen molar-refractivity contribution in [2.75, 3.05) is 7.11 Å². The minimum absolute atomic E-state index is 0.0531. The van der Waals surface area contributed by atoms with E-state index in [1.165, 1.54) is 19.7 Å². The van der Waals surface area contributed by atoms with Gasteiger partial charge in [0.15, 0.2) is 0 Å². The first-order valence-corrected chi connectivity index (χ1v) is 7.83. The van der Waals surface area contributed by atoms with E-state index in [4.69, 9.17) is 0 Å². The second-order valence-electron chi connectivity index (χ2n) is 5.86. The number of aromatic nitrogens is 3. The summed E-state index contributed by atoms with van der Waals surface area (Å²) >= 11 is 0. The molecule has 0 unspecified atom stereocenters. The zero-order valence-corrected chi connectivity index (χ0v) is 13.3. The van der Waals surface area contributed by atoms with Crippen molar-refractivity contribution in [1.29, 1.82) is 0 Å². The number of aryl methyl sites for hydroxylation is 1. The maximum absolute atomic E-state index is 12.6. The Hall–Kier alpha value is -2.28. The fourth-order valence-electron chi connectivity index (χ4n) is 3.17. The van der Waals surface area contributed by atoms with Crippen LogP contribution < -0.4 is 10.9 Å². The van der Waals surface area contributed by atoms with Gasteiger partial charge in [0, 0.05) is 18.4 Å². The van der Waals surface area contributed by atoms with E-state index in [-0.39, 0.29) is 17.0 Å². The van der Waals surface area contributed by atoms with Crippen molar-refractivity contribution in [3.05, 3.63) is 34.0 Å². The quantitative estimate of drug-likeness (QED) is 0.874. The Bertz CT molecular complexity index is 794. The van der Waals surface area contributed by atoms with E-state index in [1.54, 1.807) is 13.1 Å². The molecule has 0 saturated heterocycles. The molecule has 1 fully saturated rings. The van der Waals surface area contributed by atoms with Gasteiger partial charge < -0.3 is 4.57 Å². The van der Waals surface area contributed by atoms with Gasteiger partial charge in [-0.2, -0.15) is 0 Å². The highest BCUT2D eigenvalue weighted by Crippen LogP contribution is 2.29. The maximum Gasteiger partial charge on any atom is 0.280 e. The zero-order valence-electron chi connectivity index (χ0n) is 13.3. The van der Waals surface area contributed by atoms with Crippen LogP contribution in [0.4, 0.5) is 0 Å². The fraction of sp³-hybridized carbons (Fsp3) is 0.500. The average Bonchev–Trinajstić information content (AvgIpc) is 2.56. The van der Waals surface area contributed by atoms with Gasteiger partial charge in [-0.25, -0.2) is 15.4 Å². The van der Waals surface area contributed by atoms with Crippen LogP contribution >= 0.6 is 0 Å². The number of pyridine rings is 1. The second-order valence-corrected chi connectivity index (χ2v) is 5.86. The number of carbonyl (C=O) groups excluding carboxylic acids is 1. The molecule has 1 saturated carbocycles. The molecule has 2 aromatic heterocycles. The first-order chi connectivity index (χ1) is 11.1. The second kappa shape index (κ2) is 6.45. The minimum Gasteiger partial charge on any atom is -0.328 e. The lowest BCUT2D eigenvalue weighted by molar-refractivity contribution is 0.0535. The Labute approximate surface area is 133 Å². The Kier molecular flexibility index (Phi) is 4.38. The molecular weight excluding hydrogens is 296 g/mol. The number of carbonyl (C=O) groups is 1. The predicted molar refractivity (Wildman–Crippen MR) is 85.1 cm³/mol. The summed E-state index contributed by atoms with van der Waals surface area (Å²) in [5.74, 6) is 0.0556. The highest BCUT2D eigenvalue weighted by molar-refractivity contribution is 5.96. The van der Waals surface area contributed by atoms with Crippen molar-refractivity contribution in [1.82, 2.24) is 20.0 Å². The highest BCUT2D eigenvalue weighted by Gasteiger charge is 2.22. The number of nitrogens with one attached hydrogen (secondary N) is 1. The fourth-order valence-corrected chi connectivity index (χ4v) is 3.17. The van der Waals surface area contributed by atoms with Gasteiger partial charge in [-0.05, 0) is 19.8 Å². The molecule has 3 rings (SSSR count). The van der Waals surface area contributed by atoms with E-state index in [0.29, 0.717) is 16.9 Å². The molecule has 0 atom stereocenters. The largest absolute Gasteiger partial charge is 0.328 e. The summed E-state index contributed by atoms with van der Waals surface area (Å²) in [6, 6.07) is 0.246. The van der Waals surface area contributed by atoms with E-state index in [1.807, 2.05) is 4.57 Å². The number of hydrogen-bond acceptors (Lipinski definition) is 5. The molecule has 0 radical (unpaired) electrons. The number of fused-ring (bicyclic) bond motifs is 1. The van der Waals surface area contributed by atoms with Crippen molar-refractivity contribution < 1.29 is 9.63 Å². The lowest BCUT2D eigenvalue weighted by Crippen LogP contribution is -2.30. The van der Waals surface area contributed by atoms with E-state index >= 15 is 0 Å². The normalized spacial score (nSPS) is 15.7. The van der Waals surface area contributed by atoms with E-state index in [0.717, 1.165) is 25.7 Å². The molecule has 2 aromatic rings. The average molecular weight is 316 g/mol. The smallest absolute Gasteiger partial charge is 0.280 e. The van der Waals surface area contributed by atoms with Crippen molar-refractivity contribution in [2.45, 2.75) is 45.1 Å². The van der Waals surface area contributed by atoms with Gasteiger partial charge in [-0.15, -0.1) is 0 Å². The Morgan fingerprint density at radius 3 is 2.78 bits per heavy atom. The van der Waals surface area contributed by atoms with Crippen LogP contribution in [0.25, 0.3) is 11.0 Å². The molecule has 0 aromatic carbocycles. The molecule has 23 heavy (non-hydrogen) atoms. The van der Waals surface area contributed by atoms with Crippen LogP contribution in [0.1, 0.15) is 54.3 Å². The molecule has 0 bridgehead atoms. The van der Waals surface area contributed by atoms with Crippen LogP contribution in [0.5, 0.6) is 0 Å². The van der Waals surface area contributed by atoms with Gasteiger partial charge >= 0.3 is 0 Å². The summed E-state index contributed by atoms with van der Waals surface area (Å²) in [6.45, 7) is 1.79. The lowest BCUT2D eigenvalue weighted by atomic mass is 9.95. The van der Waals surface area contributed by atoms with Crippen molar-refractivity contribution in [3.63, 3.8) is 0 Å². The van der Waals surface area contributed by atoms with E-state index in [2.05, 4.69) is 20.3 Å². The SMILES string of the molecule is CONC(=O)c1cn(C2CCCCC2)c2nc(C)ncc2c1=O. The first-order valence-electron chi connectivity index (χ1n) is 7.83. The summed E-state index contributed by atoms with van der Waals surface area (Å²) in [5.41, 5.74) is 2.50. The third kappa shape index (κ3) is 2.96. The molecule has 7 nitrogen and oxygen atoms in total. The summed E-state index contributed by atoms with van der Waals surface area (Å²) in [6.07, 6.45) is 8.66. The monoisotopic (exact) mass is 316 g/mol. The molecule has 1 aliphatic rings. The molecule has 1 N–H and O–H groups in total. The molecule has 1 amide bonds. The molecule has 1 aliphatic carbocycles. The Morgan fingerprint density at radius 2 is 2.09 bits per heavy atom. The van der Waals surface area contributed by atoms with Gasteiger partial charge in [0.25, 0.3) is 5.91 Å². The van der Waals surface area contributed by atoms with E-state index < -0.39 is 5.91 Å². The number of hydroxylamine groups is 1. The maximum atomic E-state index is 12.6. The number of amides is 1. The Balaban J connectivity index is 2.22. The summed E-state index contributed by atoms with van der Waals surface area (Å²) in [5, 5.41) is 0.366. The van der Waals surface area contributed by atoms with Gasteiger partial charge in [0.2, 0.25) is 5.43 Å². The van der Waals surface area contributed by atoms with Crippen LogP contribution in [-0.2, 0) is 4.84 Å². The van der Waals surface area contributed by atoms with Gasteiger partial charge in [-0.3, -0.25) is 14.4 Å². The van der Waals surface area contributed by atoms with E-state index in [9.17, 15) is 9.59 Å². The van der Waals surface area contributed by atoms with Gasteiger partial charge in [0.05, 0.1) is 12.5 Å². The number of rotatable bonds is 3. The molecular formula is C16H20N4O3. The third-order valence-corrected chi connectivity index (χ3v) is 4.30. The van der Waals surface area contributed by atoms with Crippen molar-refractivity contribution in [2.24, 2.45) is 0 Å². The highest BCUT2D eigenvalue weighted by atomic mass is 16.6. The molecule has 2 heterocycles. The van der Waals surface area contributed by atoms with Crippen LogP contribution in [0, 0.1) is 6.92 Å². The van der Waals surface area contributed by atoms with Crippen LogP contribution in [0.15, 0.2) is 17.2 Å². The van der Waals surface area contributed by atoms with Crippen LogP contribution in [0.2, 0.25) is 0 Å². The van der Waals surface area contributed by atoms with Gasteiger partial charge in [0.1, 0.15) is 17.0 Å². The lowest BCUT2D eigenvalue weighted by Gasteiger charge is -2.26.